The van der Waals surface area contributed by atoms with Gasteiger partial charge in [0.15, 0.2) is 6.61 Å². The molecule has 1 amide bonds. The molecule has 2 aromatic rings. The van der Waals surface area contributed by atoms with Gasteiger partial charge in [-0.25, -0.2) is 4.79 Å². The molecular weight excluding hydrogens is 318 g/mol. The van der Waals surface area contributed by atoms with Crippen molar-refractivity contribution in [3.63, 3.8) is 0 Å². The summed E-state index contributed by atoms with van der Waals surface area (Å²) in [5, 5.41) is 2.73. The summed E-state index contributed by atoms with van der Waals surface area (Å²) in [5.41, 5.74) is 1.53. The number of nitrogens with one attached hydrogen (secondary N) is 1. The number of carbonyl (C=O) groups excluding carboxylic acids is 2. The lowest BCUT2D eigenvalue weighted by molar-refractivity contribution is -0.124. The normalized spacial score (nSPS) is 10.1. The fourth-order valence-corrected chi connectivity index (χ4v) is 2.16. The van der Waals surface area contributed by atoms with Crippen molar-refractivity contribution in [1.82, 2.24) is 5.32 Å². The minimum absolute atomic E-state index is 0.290. The molecule has 0 spiro atoms. The van der Waals surface area contributed by atoms with Gasteiger partial charge in [0.25, 0.3) is 5.91 Å². The molecule has 0 atom stereocenters. The van der Waals surface area contributed by atoms with Crippen molar-refractivity contribution in [2.75, 3.05) is 19.8 Å². The van der Waals surface area contributed by atoms with Crippen LogP contribution >= 0.6 is 0 Å². The van der Waals surface area contributed by atoms with Crippen LogP contribution in [0.15, 0.2) is 54.6 Å². The van der Waals surface area contributed by atoms with Crippen LogP contribution in [0.5, 0.6) is 5.75 Å². The largest absolute Gasteiger partial charge is 0.494 e. The summed E-state index contributed by atoms with van der Waals surface area (Å²) in [6.07, 6.45) is 1.66. The van der Waals surface area contributed by atoms with Crippen molar-refractivity contribution in [3.05, 3.63) is 65.7 Å². The number of benzene rings is 2. The molecule has 0 saturated carbocycles. The fraction of sp³-hybridized carbons (Fsp3) is 0.300. The number of ether oxygens (including phenoxy) is 2. The van der Waals surface area contributed by atoms with Crippen molar-refractivity contribution in [2.45, 2.75) is 19.8 Å². The number of amides is 1. The molecule has 0 unspecified atom stereocenters. The first kappa shape index (κ1) is 18.5. The van der Waals surface area contributed by atoms with Gasteiger partial charge in [0.1, 0.15) is 5.75 Å². The predicted molar refractivity (Wildman–Crippen MR) is 95.7 cm³/mol. The van der Waals surface area contributed by atoms with Crippen LogP contribution in [0.25, 0.3) is 0 Å². The molecule has 0 aliphatic heterocycles. The van der Waals surface area contributed by atoms with Gasteiger partial charge in [0, 0.05) is 6.54 Å². The summed E-state index contributed by atoms with van der Waals surface area (Å²) in [4.78, 5) is 23.7. The van der Waals surface area contributed by atoms with Gasteiger partial charge in [0.2, 0.25) is 0 Å². The van der Waals surface area contributed by atoms with E-state index in [1.54, 1.807) is 24.3 Å². The Bertz CT molecular complexity index is 668. The number of hydrogen-bond acceptors (Lipinski definition) is 4. The topological polar surface area (TPSA) is 64.6 Å². The Morgan fingerprint density at radius 3 is 2.40 bits per heavy atom. The predicted octanol–water partition coefficient (Wildman–Crippen LogP) is 2.99. The summed E-state index contributed by atoms with van der Waals surface area (Å²) in [7, 11) is 0. The molecule has 0 saturated heterocycles. The molecule has 0 aliphatic rings. The Morgan fingerprint density at radius 1 is 1.00 bits per heavy atom. The van der Waals surface area contributed by atoms with Gasteiger partial charge in [-0.15, -0.1) is 0 Å². The van der Waals surface area contributed by atoms with Gasteiger partial charge in [-0.2, -0.15) is 0 Å². The molecule has 0 heterocycles. The molecular formula is C20H23NO4. The van der Waals surface area contributed by atoms with E-state index in [-0.39, 0.29) is 12.5 Å². The zero-order valence-corrected chi connectivity index (χ0v) is 14.4. The Hall–Kier alpha value is -2.82. The molecule has 0 aromatic heterocycles. The Kier molecular flexibility index (Phi) is 7.50. The summed E-state index contributed by atoms with van der Waals surface area (Å²) in [6.45, 7) is 2.87. The summed E-state index contributed by atoms with van der Waals surface area (Å²) in [6, 6.07) is 16.5. The monoisotopic (exact) mass is 341 g/mol. The average Bonchev–Trinajstić information content (AvgIpc) is 2.65. The highest BCUT2D eigenvalue weighted by Crippen LogP contribution is 2.13. The molecule has 5 heteroatoms. The van der Waals surface area contributed by atoms with Crippen molar-refractivity contribution in [1.29, 1.82) is 0 Å². The fourth-order valence-electron chi connectivity index (χ4n) is 2.16. The number of hydrogen-bond donors (Lipinski definition) is 1. The Morgan fingerprint density at radius 2 is 1.72 bits per heavy atom. The van der Waals surface area contributed by atoms with E-state index in [0.717, 1.165) is 18.4 Å². The highest BCUT2D eigenvalue weighted by atomic mass is 16.5. The lowest BCUT2D eigenvalue weighted by atomic mass is 10.1. The maximum atomic E-state index is 11.9. The van der Waals surface area contributed by atoms with Crippen LogP contribution in [0.4, 0.5) is 0 Å². The third-order valence-corrected chi connectivity index (χ3v) is 3.48. The van der Waals surface area contributed by atoms with Crippen molar-refractivity contribution >= 4 is 11.9 Å². The minimum atomic E-state index is -0.528. The molecule has 132 valence electrons. The molecule has 0 aliphatic carbocycles. The van der Waals surface area contributed by atoms with Gasteiger partial charge in [0.05, 0.1) is 12.2 Å². The zero-order valence-electron chi connectivity index (χ0n) is 14.4. The molecule has 0 bridgehead atoms. The van der Waals surface area contributed by atoms with Crippen LogP contribution < -0.4 is 10.1 Å². The van der Waals surface area contributed by atoms with Crippen LogP contribution in [-0.4, -0.2) is 31.6 Å². The van der Waals surface area contributed by atoms with Crippen molar-refractivity contribution < 1.29 is 19.1 Å². The quantitative estimate of drug-likeness (QED) is 0.712. The lowest BCUT2D eigenvalue weighted by Gasteiger charge is -2.08. The van der Waals surface area contributed by atoms with Crippen LogP contribution in [0.2, 0.25) is 0 Å². The zero-order chi connectivity index (χ0) is 17.9. The van der Waals surface area contributed by atoms with E-state index in [0.29, 0.717) is 24.5 Å². The SMILES string of the molecule is CCCOc1ccc(C(=O)OCC(=O)NCCc2ccccc2)cc1. The van der Waals surface area contributed by atoms with Gasteiger partial charge in [-0.1, -0.05) is 37.3 Å². The third-order valence-electron chi connectivity index (χ3n) is 3.48. The summed E-state index contributed by atoms with van der Waals surface area (Å²) in [5.74, 6) is -0.135. The number of rotatable bonds is 9. The van der Waals surface area contributed by atoms with E-state index in [9.17, 15) is 9.59 Å². The van der Waals surface area contributed by atoms with Gasteiger partial charge in [-0.3, -0.25) is 4.79 Å². The molecule has 0 radical (unpaired) electrons. The first-order valence-corrected chi connectivity index (χ1v) is 8.39. The minimum Gasteiger partial charge on any atom is -0.494 e. The maximum Gasteiger partial charge on any atom is 0.338 e. The highest BCUT2D eigenvalue weighted by molar-refractivity contribution is 5.91. The standard InChI is InChI=1S/C20H23NO4/c1-2-14-24-18-10-8-17(9-11-18)20(23)25-15-19(22)21-13-12-16-6-4-3-5-7-16/h3-11H,2,12-15H2,1H3,(H,21,22). The molecule has 5 nitrogen and oxygen atoms in total. The van der Waals surface area contributed by atoms with E-state index >= 15 is 0 Å². The third kappa shape index (κ3) is 6.67. The Balaban J connectivity index is 1.69. The summed E-state index contributed by atoms with van der Waals surface area (Å²) < 4.78 is 10.5. The number of carbonyl (C=O) groups is 2. The highest BCUT2D eigenvalue weighted by Gasteiger charge is 2.10. The van der Waals surface area contributed by atoms with E-state index < -0.39 is 5.97 Å². The van der Waals surface area contributed by atoms with Crippen LogP contribution in [-0.2, 0) is 16.0 Å². The van der Waals surface area contributed by atoms with Crippen LogP contribution in [0.3, 0.4) is 0 Å². The second kappa shape index (κ2) is 10.1. The van der Waals surface area contributed by atoms with Crippen molar-refractivity contribution in [3.8, 4) is 5.75 Å². The van der Waals surface area contributed by atoms with Gasteiger partial charge >= 0.3 is 5.97 Å². The Labute approximate surface area is 148 Å². The van der Waals surface area contributed by atoms with E-state index in [1.807, 2.05) is 37.3 Å². The van der Waals surface area contributed by atoms with Crippen molar-refractivity contribution in [2.24, 2.45) is 0 Å². The van der Waals surface area contributed by atoms with E-state index in [2.05, 4.69) is 5.32 Å². The van der Waals surface area contributed by atoms with E-state index in [4.69, 9.17) is 9.47 Å². The lowest BCUT2D eigenvalue weighted by Crippen LogP contribution is -2.30. The van der Waals surface area contributed by atoms with Gasteiger partial charge in [-0.05, 0) is 42.7 Å². The number of esters is 1. The van der Waals surface area contributed by atoms with Crippen LogP contribution in [0, 0.1) is 0 Å². The smallest absolute Gasteiger partial charge is 0.338 e. The molecule has 2 aromatic carbocycles. The maximum absolute atomic E-state index is 11.9. The van der Waals surface area contributed by atoms with Gasteiger partial charge < -0.3 is 14.8 Å². The molecule has 2 rings (SSSR count). The molecule has 25 heavy (non-hydrogen) atoms. The molecule has 1 N–H and O–H groups in total. The average molecular weight is 341 g/mol. The first-order valence-electron chi connectivity index (χ1n) is 8.39. The second-order valence-electron chi connectivity index (χ2n) is 5.53. The summed E-state index contributed by atoms with van der Waals surface area (Å²) >= 11 is 0. The molecule has 0 fully saturated rings. The second-order valence-corrected chi connectivity index (χ2v) is 5.53. The first-order chi connectivity index (χ1) is 12.2. The van der Waals surface area contributed by atoms with E-state index in [1.165, 1.54) is 0 Å². The van der Waals surface area contributed by atoms with Crippen LogP contribution in [0.1, 0.15) is 29.3 Å².